The highest BCUT2D eigenvalue weighted by Crippen LogP contribution is 2.25. The van der Waals surface area contributed by atoms with Crippen LogP contribution in [-0.2, 0) is 20.2 Å². The quantitative estimate of drug-likeness (QED) is 0.851. The van der Waals surface area contributed by atoms with Crippen LogP contribution >= 0.6 is 0 Å². The van der Waals surface area contributed by atoms with Crippen LogP contribution in [0.4, 0.5) is 0 Å². The van der Waals surface area contributed by atoms with Crippen molar-refractivity contribution >= 4 is 0 Å². The molecule has 1 aromatic carbocycles. The van der Waals surface area contributed by atoms with E-state index in [1.165, 1.54) is 0 Å². The third-order valence-corrected chi connectivity index (χ3v) is 3.25. The summed E-state index contributed by atoms with van der Waals surface area (Å²) in [6.45, 7) is 5.43. The van der Waals surface area contributed by atoms with E-state index in [1.807, 2.05) is 36.0 Å². The Hall–Kier alpha value is -2.01. The number of methoxy groups -OCH3 is 1. The lowest BCUT2D eigenvalue weighted by Gasteiger charge is -2.15. The van der Waals surface area contributed by atoms with E-state index < -0.39 is 0 Å². The number of aryl methyl sites for hydroxylation is 1. The van der Waals surface area contributed by atoms with E-state index in [4.69, 9.17) is 9.47 Å². The van der Waals surface area contributed by atoms with Crippen LogP contribution in [0.1, 0.15) is 25.2 Å². The number of imidazole rings is 1. The van der Waals surface area contributed by atoms with Gasteiger partial charge in [0.15, 0.2) is 0 Å². The molecule has 2 aromatic rings. The number of benzene rings is 1. The van der Waals surface area contributed by atoms with E-state index in [0.717, 1.165) is 29.4 Å². The molecule has 0 spiro atoms. The van der Waals surface area contributed by atoms with Crippen molar-refractivity contribution in [3.8, 4) is 11.5 Å². The Bertz CT molecular complexity index is 579. The molecule has 0 aliphatic heterocycles. The van der Waals surface area contributed by atoms with Gasteiger partial charge in [0.25, 0.3) is 0 Å². The first kappa shape index (κ1) is 15.4. The van der Waals surface area contributed by atoms with Crippen LogP contribution in [-0.4, -0.2) is 22.7 Å². The normalized spacial score (nSPS) is 10.9. The summed E-state index contributed by atoms with van der Waals surface area (Å²) in [7, 11) is 3.63. The van der Waals surface area contributed by atoms with Crippen molar-refractivity contribution in [3.63, 3.8) is 0 Å². The molecule has 114 valence electrons. The highest BCUT2D eigenvalue weighted by Gasteiger charge is 2.08. The number of ether oxygens (including phenoxy) is 2. The summed E-state index contributed by atoms with van der Waals surface area (Å²) in [6.07, 6.45) is 3.68. The number of rotatable bonds is 7. The fourth-order valence-corrected chi connectivity index (χ4v) is 1.95. The predicted octanol–water partition coefficient (Wildman–Crippen LogP) is 2.51. The molecule has 0 saturated heterocycles. The SMILES string of the molecule is COc1ccc(OCc2nccn2C)c(CNC(C)C)c1. The molecule has 0 atom stereocenters. The van der Waals surface area contributed by atoms with E-state index >= 15 is 0 Å². The maximum absolute atomic E-state index is 5.92. The summed E-state index contributed by atoms with van der Waals surface area (Å²) in [4.78, 5) is 4.27. The summed E-state index contributed by atoms with van der Waals surface area (Å²) in [6, 6.07) is 6.27. The number of hydrogen-bond acceptors (Lipinski definition) is 4. The highest BCUT2D eigenvalue weighted by molar-refractivity contribution is 5.40. The van der Waals surface area contributed by atoms with E-state index in [-0.39, 0.29) is 0 Å². The zero-order valence-corrected chi connectivity index (χ0v) is 13.1. The molecule has 2 rings (SSSR count). The second-order valence-electron chi connectivity index (χ2n) is 5.25. The molecule has 0 fully saturated rings. The Morgan fingerprint density at radius 2 is 2.14 bits per heavy atom. The topological polar surface area (TPSA) is 48.3 Å². The Morgan fingerprint density at radius 1 is 1.33 bits per heavy atom. The average molecular weight is 289 g/mol. The minimum Gasteiger partial charge on any atom is -0.497 e. The van der Waals surface area contributed by atoms with Crippen LogP contribution in [0.3, 0.4) is 0 Å². The second-order valence-corrected chi connectivity index (χ2v) is 5.25. The van der Waals surface area contributed by atoms with Crippen LogP contribution in [0.2, 0.25) is 0 Å². The first-order valence-electron chi connectivity index (χ1n) is 7.09. The summed E-state index contributed by atoms with van der Waals surface area (Å²) < 4.78 is 13.2. The van der Waals surface area contributed by atoms with Crippen LogP contribution in [0.5, 0.6) is 11.5 Å². The van der Waals surface area contributed by atoms with Gasteiger partial charge in [-0.25, -0.2) is 4.98 Å². The number of aromatic nitrogens is 2. The van der Waals surface area contributed by atoms with E-state index in [9.17, 15) is 0 Å². The van der Waals surface area contributed by atoms with Crippen molar-refractivity contribution in [2.75, 3.05) is 7.11 Å². The largest absolute Gasteiger partial charge is 0.497 e. The molecule has 0 radical (unpaired) electrons. The van der Waals surface area contributed by atoms with Gasteiger partial charge < -0.3 is 19.4 Å². The first-order valence-corrected chi connectivity index (χ1v) is 7.09. The maximum atomic E-state index is 5.92. The molecule has 1 aromatic heterocycles. The lowest BCUT2D eigenvalue weighted by molar-refractivity contribution is 0.287. The van der Waals surface area contributed by atoms with Gasteiger partial charge in [-0.15, -0.1) is 0 Å². The Kier molecular flexibility index (Phi) is 5.22. The summed E-state index contributed by atoms with van der Waals surface area (Å²) >= 11 is 0. The molecule has 5 heteroatoms. The summed E-state index contributed by atoms with van der Waals surface area (Å²) in [5.41, 5.74) is 1.08. The molecule has 1 N–H and O–H groups in total. The van der Waals surface area contributed by atoms with Gasteiger partial charge in [0.1, 0.15) is 23.9 Å². The van der Waals surface area contributed by atoms with E-state index in [1.54, 1.807) is 13.3 Å². The zero-order valence-electron chi connectivity index (χ0n) is 13.1. The van der Waals surface area contributed by atoms with Gasteiger partial charge in [-0.1, -0.05) is 13.8 Å². The van der Waals surface area contributed by atoms with Crippen molar-refractivity contribution in [1.82, 2.24) is 14.9 Å². The standard InChI is InChI=1S/C16H23N3O2/c1-12(2)18-10-13-9-14(20-4)5-6-15(13)21-11-16-17-7-8-19(16)3/h5-9,12,18H,10-11H2,1-4H3. The van der Waals surface area contributed by atoms with Gasteiger partial charge in [0, 0.05) is 37.6 Å². The van der Waals surface area contributed by atoms with E-state index in [0.29, 0.717) is 12.6 Å². The Morgan fingerprint density at radius 3 is 2.76 bits per heavy atom. The lowest BCUT2D eigenvalue weighted by atomic mass is 10.1. The average Bonchev–Trinajstić information content (AvgIpc) is 2.88. The second kappa shape index (κ2) is 7.13. The fraction of sp³-hybridized carbons (Fsp3) is 0.438. The summed E-state index contributed by atoms with van der Waals surface area (Å²) in [5.74, 6) is 2.58. The zero-order chi connectivity index (χ0) is 15.2. The van der Waals surface area contributed by atoms with Gasteiger partial charge in [-0.3, -0.25) is 0 Å². The molecule has 21 heavy (non-hydrogen) atoms. The van der Waals surface area contributed by atoms with Crippen molar-refractivity contribution in [3.05, 3.63) is 42.0 Å². The van der Waals surface area contributed by atoms with Crippen molar-refractivity contribution < 1.29 is 9.47 Å². The van der Waals surface area contributed by atoms with Gasteiger partial charge in [0.2, 0.25) is 0 Å². The van der Waals surface area contributed by atoms with Crippen molar-refractivity contribution in [2.45, 2.75) is 33.0 Å². The molecule has 1 heterocycles. The van der Waals surface area contributed by atoms with Crippen molar-refractivity contribution in [2.24, 2.45) is 7.05 Å². The number of nitrogens with zero attached hydrogens (tertiary/aromatic N) is 2. The van der Waals surface area contributed by atoms with Gasteiger partial charge in [-0.05, 0) is 18.2 Å². The molecular weight excluding hydrogens is 266 g/mol. The third-order valence-electron chi connectivity index (χ3n) is 3.25. The van der Waals surface area contributed by atoms with Gasteiger partial charge in [-0.2, -0.15) is 0 Å². The molecule has 0 aliphatic carbocycles. The fourth-order valence-electron chi connectivity index (χ4n) is 1.95. The van der Waals surface area contributed by atoms with Gasteiger partial charge >= 0.3 is 0 Å². The molecule has 0 aliphatic rings. The number of nitrogens with one attached hydrogen (secondary N) is 1. The molecule has 0 amide bonds. The molecule has 0 saturated carbocycles. The molecule has 5 nitrogen and oxygen atoms in total. The van der Waals surface area contributed by atoms with Crippen molar-refractivity contribution in [1.29, 1.82) is 0 Å². The monoisotopic (exact) mass is 289 g/mol. The lowest BCUT2D eigenvalue weighted by Crippen LogP contribution is -2.22. The van der Waals surface area contributed by atoms with Crippen LogP contribution < -0.4 is 14.8 Å². The van der Waals surface area contributed by atoms with E-state index in [2.05, 4.69) is 24.1 Å². The molecular formula is C16H23N3O2. The first-order chi connectivity index (χ1) is 10.1. The summed E-state index contributed by atoms with van der Waals surface area (Å²) in [5, 5.41) is 3.40. The number of hydrogen-bond donors (Lipinski definition) is 1. The van der Waals surface area contributed by atoms with Crippen LogP contribution in [0.15, 0.2) is 30.6 Å². The Balaban J connectivity index is 2.11. The Labute approximate surface area is 125 Å². The molecule has 0 unspecified atom stereocenters. The maximum Gasteiger partial charge on any atom is 0.146 e. The molecule has 0 bridgehead atoms. The van der Waals surface area contributed by atoms with Crippen LogP contribution in [0.25, 0.3) is 0 Å². The predicted molar refractivity (Wildman–Crippen MR) is 82.5 cm³/mol. The van der Waals surface area contributed by atoms with Gasteiger partial charge in [0.05, 0.1) is 7.11 Å². The highest BCUT2D eigenvalue weighted by atomic mass is 16.5. The van der Waals surface area contributed by atoms with Crippen LogP contribution in [0, 0.1) is 0 Å². The minimum absolute atomic E-state index is 0.415. The smallest absolute Gasteiger partial charge is 0.146 e. The third kappa shape index (κ3) is 4.23. The minimum atomic E-state index is 0.415.